The number of carbonyl (C=O) groups is 6. The Hall–Kier alpha value is -15.3. The molecule has 1 fully saturated rings. The van der Waals surface area contributed by atoms with Crippen LogP contribution in [0.15, 0.2) is 133 Å². The summed E-state index contributed by atoms with van der Waals surface area (Å²) in [5.74, 6) is -18.5. The van der Waals surface area contributed by atoms with Gasteiger partial charge in [-0.05, 0) is 143 Å². The van der Waals surface area contributed by atoms with Crippen molar-refractivity contribution in [2.24, 2.45) is 0 Å². The van der Waals surface area contributed by atoms with Gasteiger partial charge in [-0.1, -0.05) is 96.9 Å². The third-order valence-electron chi connectivity index (χ3n) is 24.3. The van der Waals surface area contributed by atoms with E-state index in [1.54, 1.807) is 71.4 Å². The molecule has 17 rings (SSSR count). The van der Waals surface area contributed by atoms with E-state index in [4.69, 9.17) is 14.9 Å². The van der Waals surface area contributed by atoms with Crippen molar-refractivity contribution in [2.45, 2.75) is 209 Å². The van der Waals surface area contributed by atoms with E-state index in [1.807, 2.05) is 60.0 Å². The highest BCUT2D eigenvalue weighted by Gasteiger charge is 2.38. The normalized spacial score (nSPS) is 13.9. The largest absolute Gasteiger partial charge is 0.489 e. The van der Waals surface area contributed by atoms with Crippen LogP contribution in [0, 0.1) is 76.7 Å². The third-order valence-corrected chi connectivity index (χ3v) is 24.3. The van der Waals surface area contributed by atoms with E-state index in [9.17, 15) is 131 Å². The number of ether oxygens (including phenoxy) is 1. The van der Waals surface area contributed by atoms with Crippen molar-refractivity contribution in [1.29, 1.82) is 0 Å². The summed E-state index contributed by atoms with van der Waals surface area (Å²) in [6.45, 7) is 32.6. The fourth-order valence-corrected chi connectivity index (χ4v) is 17.4. The zero-order valence-electron chi connectivity index (χ0n) is 79.8. The average Bonchev–Trinajstić information content (AvgIpc) is 0.808. The number of carboxylic acids is 6. The third kappa shape index (κ3) is 19.9. The number of rotatable bonds is 12. The van der Waals surface area contributed by atoms with Gasteiger partial charge in [0.2, 0.25) is 32.6 Å². The minimum Gasteiger partial charge on any atom is -0.489 e. The van der Waals surface area contributed by atoms with E-state index in [-0.39, 0.29) is 143 Å². The molecule has 746 valence electrons. The van der Waals surface area contributed by atoms with Crippen molar-refractivity contribution in [3.8, 4) is 17.1 Å². The van der Waals surface area contributed by atoms with Crippen LogP contribution >= 0.6 is 0 Å². The van der Waals surface area contributed by atoms with Crippen molar-refractivity contribution in [3.05, 3.63) is 313 Å². The standard InChI is InChI=1S/C20H17F3N2O3.C19H15F3N2O3.C18H20FNO3.C17H18FNO4.C15H13F2NO3.C14H13F2NO3/c1-9-14-16(26)11(19(27)28)8-25(13-6-5-10(21)7-12(13)22)18(14)24-17(15(9)23)20(2,3)4;1-19(2,3)16-13(22)7-10-15(25)11(18(26)27)8-24(17(10)23-16)14-5-4-9(20)6-12(14)21;1-9-5-6-10-14(18(2,3)4)13(19)7-11-15(10)20(9)8-12(16(11)21)17(22)23;1-8-7-23-15-12(17(2,3)4)11(18)5-9-13(15)19(8)6-10(14(9)20)16(21)22;1-2-8-12(17)11(16)5-9-13(8)18(7-3-4-7)6-10(14(9)19)15(20)21;1-3-7-11(16)10(15)5-8-12(7)17(4-2)6-9(13(8)18)14(19)20/h5-8H,1-4H3,(H,27,28);4-8H,1-3H3,(H,26,27);7-9H,5-6H2,1-4H3,(H,22,23);5-6,8H,7H2,1-4H3,(H,21,22);5-7H,2-4H2,1H3,(H,20,21);5-6H,3-4H2,1-2H3,(H,19,20)/t;;9-;;;/m..0.../s1. The second kappa shape index (κ2) is 39.4. The van der Waals surface area contributed by atoms with Crippen molar-refractivity contribution in [3.63, 3.8) is 0 Å². The first-order chi connectivity index (χ1) is 66.0. The fraction of sp³-hybridized carbons (Fsp3) is 0.320. The monoisotopic (exact) mass is 1980 g/mol. The Bertz CT molecular complexity index is 7980. The predicted octanol–water partition coefficient (Wildman–Crippen LogP) is 20.1. The van der Waals surface area contributed by atoms with Crippen LogP contribution in [-0.2, 0) is 47.5 Å². The summed E-state index contributed by atoms with van der Waals surface area (Å²) in [5.41, 5.74) is -6.94. The van der Waals surface area contributed by atoms with Crippen LogP contribution in [0.3, 0.4) is 0 Å². The quantitative estimate of drug-likeness (QED) is 0.0619. The molecule has 14 aromatic rings. The minimum atomic E-state index is -1.56. The summed E-state index contributed by atoms with van der Waals surface area (Å²) in [6, 6.07) is 10.2. The molecule has 8 aromatic heterocycles. The molecule has 10 heterocycles. The first kappa shape index (κ1) is 106. The maximum Gasteiger partial charge on any atom is 0.341 e. The molecule has 0 bridgehead atoms. The van der Waals surface area contributed by atoms with Crippen LogP contribution in [0.25, 0.3) is 77.1 Å². The van der Waals surface area contributed by atoms with Gasteiger partial charge in [-0.2, -0.15) is 0 Å². The van der Waals surface area contributed by atoms with Gasteiger partial charge in [0.05, 0.1) is 67.0 Å². The number of benzene rings is 6. The van der Waals surface area contributed by atoms with Crippen molar-refractivity contribution < 1.29 is 117 Å². The zero-order chi connectivity index (χ0) is 106. The van der Waals surface area contributed by atoms with Gasteiger partial charge in [0, 0.05) is 117 Å². The van der Waals surface area contributed by atoms with Crippen LogP contribution in [0.2, 0.25) is 0 Å². The van der Waals surface area contributed by atoms with Gasteiger partial charge in [0.1, 0.15) is 104 Å². The van der Waals surface area contributed by atoms with Gasteiger partial charge in [-0.25, -0.2) is 91.4 Å². The van der Waals surface area contributed by atoms with Gasteiger partial charge in [-0.15, -0.1) is 0 Å². The number of hydrogen-bond donors (Lipinski definition) is 6. The predicted molar refractivity (Wildman–Crippen MR) is 504 cm³/mol. The molecule has 6 aromatic carbocycles. The molecule has 2 atom stereocenters. The maximum atomic E-state index is 14.9. The lowest BCUT2D eigenvalue weighted by atomic mass is 9.79. The lowest BCUT2D eigenvalue weighted by molar-refractivity contribution is 0.0683. The molecule has 39 heteroatoms. The smallest absolute Gasteiger partial charge is 0.341 e. The number of aromatic carboxylic acids is 6. The van der Waals surface area contributed by atoms with Gasteiger partial charge in [0.15, 0.2) is 23.3 Å². The molecule has 0 spiro atoms. The highest BCUT2D eigenvalue weighted by molar-refractivity contribution is 5.99. The minimum absolute atomic E-state index is 0.0220. The highest BCUT2D eigenvalue weighted by Crippen LogP contribution is 2.45. The van der Waals surface area contributed by atoms with Gasteiger partial charge in [0.25, 0.3) is 0 Å². The van der Waals surface area contributed by atoms with Crippen molar-refractivity contribution >= 4 is 101 Å². The van der Waals surface area contributed by atoms with Crippen LogP contribution in [0.1, 0.15) is 262 Å². The average molecular weight is 1980 g/mol. The summed E-state index contributed by atoms with van der Waals surface area (Å²) >= 11 is 0. The first-order valence-corrected chi connectivity index (χ1v) is 44.4. The number of aromatic nitrogens is 8. The Morgan fingerprint density at radius 1 is 0.387 bits per heavy atom. The molecule has 142 heavy (non-hydrogen) atoms. The van der Waals surface area contributed by atoms with E-state index in [1.165, 1.54) is 42.3 Å². The molecule has 0 saturated heterocycles. The number of fused-ring (bicyclic) bond motifs is 4. The van der Waals surface area contributed by atoms with E-state index in [0.717, 1.165) is 94.9 Å². The number of hydrogen-bond acceptors (Lipinski definition) is 15. The summed E-state index contributed by atoms with van der Waals surface area (Å²) in [4.78, 5) is 151. The van der Waals surface area contributed by atoms with Crippen LogP contribution in [0.4, 0.5) is 52.7 Å². The van der Waals surface area contributed by atoms with Gasteiger partial charge >= 0.3 is 35.8 Å². The number of nitrogens with zero attached hydrogens (tertiary/aromatic N) is 8. The van der Waals surface area contributed by atoms with E-state index in [2.05, 4.69) is 9.97 Å². The zero-order valence-corrected chi connectivity index (χ0v) is 79.8. The lowest BCUT2D eigenvalue weighted by Crippen LogP contribution is -2.29. The molecule has 2 aliphatic heterocycles. The number of halogens is 12. The van der Waals surface area contributed by atoms with Gasteiger partial charge < -0.3 is 53.6 Å². The van der Waals surface area contributed by atoms with Crippen molar-refractivity contribution in [2.75, 3.05) is 6.61 Å². The summed E-state index contributed by atoms with van der Waals surface area (Å²) in [6.07, 6.45) is 10.5. The Morgan fingerprint density at radius 2 is 0.761 bits per heavy atom. The lowest BCUT2D eigenvalue weighted by Gasteiger charge is -2.32. The maximum absolute atomic E-state index is 14.9. The van der Waals surface area contributed by atoms with Crippen LogP contribution < -0.4 is 37.3 Å². The van der Waals surface area contributed by atoms with E-state index >= 15 is 0 Å². The SMILES string of the molecule is CC(C)(C)c1nc2c(cc1F)c(=O)c(C(=O)O)cn2-c1ccc(F)cc1F.CC1COc2c(C(C)(C)C)c(F)cc3c(=O)c(C(=O)O)cn1c23.CCc1c(F)c(F)cc2c(=O)c(C(=O)O)cn(C3CC3)c12.CCc1c(F)c(F)cc2c(=O)c(C(=O)O)cn(CC)c12.C[C@H]1CCc2c(C(C)(C)C)c(F)cc3c(=O)c(C(=O)O)cn1c23.Cc1c(F)c(C(C)(C)C)nc2c1c(=O)c(C(=O)O)cn2-c1ccc(F)cc1F. The molecule has 1 aliphatic carbocycles. The molecule has 0 radical (unpaired) electrons. The number of carboxylic acid groups (broad SMARTS) is 6. The van der Waals surface area contributed by atoms with E-state index < -0.39 is 177 Å². The summed E-state index contributed by atoms with van der Waals surface area (Å²) in [5, 5.41) is 54.7. The highest BCUT2D eigenvalue weighted by atomic mass is 19.2. The Kier molecular flexibility index (Phi) is 29.3. The molecular weight excluding hydrogens is 1880 g/mol. The summed E-state index contributed by atoms with van der Waals surface area (Å²) < 4.78 is 184. The molecule has 6 N–H and O–H groups in total. The van der Waals surface area contributed by atoms with E-state index in [0.29, 0.717) is 58.5 Å². The first-order valence-electron chi connectivity index (χ1n) is 44.4. The number of aryl methyl sites for hydroxylation is 5. The molecular formula is C103H96F12N8O19. The van der Waals surface area contributed by atoms with Crippen molar-refractivity contribution in [1.82, 2.24) is 37.4 Å². The molecule has 1 unspecified atom stereocenters. The molecule has 1 saturated carbocycles. The number of pyridine rings is 8. The molecule has 27 nitrogen and oxygen atoms in total. The Morgan fingerprint density at radius 3 is 1.19 bits per heavy atom. The second-order valence-corrected chi connectivity index (χ2v) is 38.4. The summed E-state index contributed by atoms with van der Waals surface area (Å²) in [7, 11) is 0. The Balaban J connectivity index is 0.000000153. The van der Waals surface area contributed by atoms with Crippen LogP contribution in [-0.4, -0.2) is 110 Å². The molecule has 3 aliphatic rings. The van der Waals surface area contributed by atoms with Gasteiger partial charge in [-0.3, -0.25) is 37.9 Å². The molecule has 0 amide bonds. The Labute approximate surface area is 798 Å². The fourth-order valence-electron chi connectivity index (χ4n) is 17.4. The second-order valence-electron chi connectivity index (χ2n) is 38.4. The topological polar surface area (TPSA) is 391 Å². The van der Waals surface area contributed by atoms with Crippen LogP contribution in [0.5, 0.6) is 5.75 Å².